The first kappa shape index (κ1) is 17.3. The van der Waals surface area contributed by atoms with Crippen LogP contribution in [0.25, 0.3) is 0 Å². The van der Waals surface area contributed by atoms with E-state index in [0.717, 1.165) is 6.54 Å². The Labute approximate surface area is 125 Å². The minimum Gasteiger partial charge on any atom is -0.0623 e. The number of halogens is 1. The van der Waals surface area contributed by atoms with Crippen LogP contribution in [0.4, 0.5) is 0 Å². The van der Waals surface area contributed by atoms with Crippen molar-refractivity contribution in [2.45, 2.75) is 6.54 Å². The van der Waals surface area contributed by atoms with Crippen LogP contribution in [-0.2, 0) is 23.9 Å². The molecule has 0 heterocycles. The van der Waals surface area contributed by atoms with Crippen molar-refractivity contribution in [3.8, 4) is 0 Å². The summed E-state index contributed by atoms with van der Waals surface area (Å²) in [4.78, 5) is 2.13. The third kappa shape index (κ3) is 10.5. The first-order chi connectivity index (χ1) is 8.79. The minimum atomic E-state index is 0.973. The topological polar surface area (TPSA) is 3.24 Å². The van der Waals surface area contributed by atoms with E-state index < -0.39 is 0 Å². The van der Waals surface area contributed by atoms with Gasteiger partial charge < -0.3 is 4.90 Å². The van der Waals surface area contributed by atoms with Crippen LogP contribution in [0.2, 0.25) is 0 Å². The quantitative estimate of drug-likeness (QED) is 0.587. The summed E-state index contributed by atoms with van der Waals surface area (Å²) in [5.41, 5.74) is 1.24. The molecule has 0 fully saturated rings. The van der Waals surface area contributed by atoms with Gasteiger partial charge in [-0.2, -0.15) is 30.3 Å². The number of benzene rings is 2. The maximum atomic E-state index is 4.57. The average Bonchev–Trinajstić information content (AvgIpc) is 2.44. The Bertz CT molecular complexity index is 338. The molecule has 3 heteroatoms. The van der Waals surface area contributed by atoms with Crippen molar-refractivity contribution in [1.29, 1.82) is 0 Å². The molecule has 0 N–H and O–H groups in total. The fraction of sp³-hybridized carbons (Fsp3) is 0.200. The van der Waals surface area contributed by atoms with Crippen molar-refractivity contribution in [2.24, 2.45) is 0 Å². The molecule has 0 aliphatic rings. The van der Waals surface area contributed by atoms with E-state index >= 15 is 0 Å². The van der Waals surface area contributed by atoms with Crippen molar-refractivity contribution >= 4 is 9.69 Å². The first-order valence-electron chi connectivity index (χ1n) is 5.53. The van der Waals surface area contributed by atoms with Gasteiger partial charge in [-0.05, 0) is 14.1 Å². The SMILES string of the molecule is CN(C)Cc1[c-]cccc1.[Cl][Ru+].c1ccccc1. The number of rotatable bonds is 2. The second-order valence-corrected chi connectivity index (χ2v) is 3.78. The summed E-state index contributed by atoms with van der Waals surface area (Å²) in [5, 5.41) is 0. The second kappa shape index (κ2) is 12.8. The summed E-state index contributed by atoms with van der Waals surface area (Å²) >= 11 is 1.82. The number of hydrogen-bond acceptors (Lipinski definition) is 1. The molecular formula is C15H18ClNRu. The molecular weight excluding hydrogens is 331 g/mol. The van der Waals surface area contributed by atoms with Gasteiger partial charge in [-0.1, -0.05) is 36.4 Å². The monoisotopic (exact) mass is 349 g/mol. The van der Waals surface area contributed by atoms with E-state index in [0.29, 0.717) is 0 Å². The van der Waals surface area contributed by atoms with Crippen LogP contribution in [0.1, 0.15) is 5.56 Å². The van der Waals surface area contributed by atoms with Gasteiger partial charge in [-0.25, -0.2) is 0 Å². The van der Waals surface area contributed by atoms with Gasteiger partial charge in [-0.15, -0.1) is 5.56 Å². The van der Waals surface area contributed by atoms with Gasteiger partial charge in [-0.3, -0.25) is 0 Å². The van der Waals surface area contributed by atoms with Crippen LogP contribution < -0.4 is 0 Å². The van der Waals surface area contributed by atoms with E-state index in [9.17, 15) is 0 Å². The minimum absolute atomic E-state index is 0.973. The van der Waals surface area contributed by atoms with Gasteiger partial charge in [0.05, 0.1) is 0 Å². The Hall–Kier alpha value is -0.687. The molecule has 98 valence electrons. The van der Waals surface area contributed by atoms with Crippen molar-refractivity contribution in [1.82, 2.24) is 4.90 Å². The third-order valence-electron chi connectivity index (χ3n) is 1.93. The van der Waals surface area contributed by atoms with Gasteiger partial charge in [0.15, 0.2) is 0 Å². The fourth-order valence-corrected chi connectivity index (χ4v) is 1.25. The van der Waals surface area contributed by atoms with Crippen molar-refractivity contribution in [3.05, 3.63) is 72.3 Å². The van der Waals surface area contributed by atoms with Gasteiger partial charge in [0, 0.05) is 6.54 Å². The molecule has 0 aliphatic heterocycles. The maximum Gasteiger partial charge on any atom is -0.0623 e. The predicted molar refractivity (Wildman–Crippen MR) is 75.0 cm³/mol. The van der Waals surface area contributed by atoms with E-state index in [1.807, 2.05) is 71.9 Å². The molecule has 0 radical (unpaired) electrons. The molecule has 0 aliphatic carbocycles. The Morgan fingerprint density at radius 1 is 0.944 bits per heavy atom. The maximum absolute atomic E-state index is 4.57. The second-order valence-electron chi connectivity index (χ2n) is 3.78. The molecule has 0 amide bonds. The van der Waals surface area contributed by atoms with Crippen molar-refractivity contribution in [3.63, 3.8) is 0 Å². The van der Waals surface area contributed by atoms with Crippen molar-refractivity contribution < 1.29 is 17.3 Å². The van der Waals surface area contributed by atoms with Crippen LogP contribution >= 0.6 is 9.69 Å². The summed E-state index contributed by atoms with van der Waals surface area (Å²) in [7, 11) is 8.68. The molecule has 2 aromatic carbocycles. The Morgan fingerprint density at radius 2 is 1.44 bits per heavy atom. The summed E-state index contributed by atoms with van der Waals surface area (Å²) in [6.45, 7) is 0.973. The fourth-order valence-electron chi connectivity index (χ4n) is 1.25. The molecule has 18 heavy (non-hydrogen) atoms. The normalized spacial score (nSPS) is 8.72. The molecule has 0 bridgehead atoms. The first-order valence-corrected chi connectivity index (χ1v) is 7.76. The third-order valence-corrected chi connectivity index (χ3v) is 1.93. The van der Waals surface area contributed by atoms with E-state index in [4.69, 9.17) is 0 Å². The Morgan fingerprint density at radius 3 is 1.78 bits per heavy atom. The number of hydrogen-bond donors (Lipinski definition) is 0. The van der Waals surface area contributed by atoms with Crippen LogP contribution in [0.3, 0.4) is 0 Å². The molecule has 0 spiro atoms. The van der Waals surface area contributed by atoms with Gasteiger partial charge in [0.1, 0.15) is 0 Å². The summed E-state index contributed by atoms with van der Waals surface area (Å²) in [5.74, 6) is 0. The predicted octanol–water partition coefficient (Wildman–Crippen LogP) is 3.92. The molecule has 0 saturated heterocycles. The summed E-state index contributed by atoms with van der Waals surface area (Å²) < 4.78 is 0. The van der Waals surface area contributed by atoms with Gasteiger partial charge >= 0.3 is 27.0 Å². The van der Waals surface area contributed by atoms with E-state index in [-0.39, 0.29) is 0 Å². The van der Waals surface area contributed by atoms with E-state index in [1.54, 1.807) is 0 Å². The van der Waals surface area contributed by atoms with Crippen molar-refractivity contribution in [2.75, 3.05) is 14.1 Å². The number of nitrogens with zero attached hydrogens (tertiary/aromatic N) is 1. The largest absolute Gasteiger partial charge is 0.0623 e. The Kier molecular flexibility index (Phi) is 12.3. The van der Waals surface area contributed by atoms with Crippen LogP contribution in [0.5, 0.6) is 0 Å². The Balaban J connectivity index is 0.000000308. The van der Waals surface area contributed by atoms with Crippen LogP contribution in [0.15, 0.2) is 60.7 Å². The average molecular weight is 349 g/mol. The van der Waals surface area contributed by atoms with Crippen LogP contribution in [0, 0.1) is 6.07 Å². The standard InChI is InChI=1S/C9H12N.C6H6.ClH.Ru/c1-10(2)8-9-6-4-3-5-7-9;1-2-4-6-5-3-1;;/h3-6H,8H2,1-2H3;1-6H;1H;/q-1;;;+2/p-1. The zero-order valence-electron chi connectivity index (χ0n) is 10.7. The van der Waals surface area contributed by atoms with Gasteiger partial charge in [0.25, 0.3) is 0 Å². The van der Waals surface area contributed by atoms with Gasteiger partial charge in [0.2, 0.25) is 0 Å². The molecule has 0 unspecified atom stereocenters. The van der Waals surface area contributed by atoms with E-state index in [1.165, 1.54) is 5.56 Å². The zero-order valence-corrected chi connectivity index (χ0v) is 13.2. The summed E-state index contributed by atoms with van der Waals surface area (Å²) in [6, 6.07) is 23.2. The molecule has 2 aromatic rings. The molecule has 0 aromatic heterocycles. The smallest absolute Gasteiger partial charge is 0.0623 e. The molecule has 2 rings (SSSR count). The zero-order chi connectivity index (χ0) is 13.6. The molecule has 1 nitrogen and oxygen atoms in total. The van der Waals surface area contributed by atoms with E-state index in [2.05, 4.69) is 40.8 Å². The molecule has 0 atom stereocenters. The summed E-state index contributed by atoms with van der Waals surface area (Å²) in [6.07, 6.45) is 0. The van der Waals surface area contributed by atoms with Crippen LogP contribution in [-0.4, -0.2) is 19.0 Å². The molecule has 0 saturated carbocycles.